The smallest absolute Gasteiger partial charge is 0.145 e. The molecule has 0 unspecified atom stereocenters. The fourth-order valence-corrected chi connectivity index (χ4v) is 1.56. The number of anilines is 1. The average Bonchev–Trinajstić information content (AvgIpc) is 2.82. The number of rotatable bonds is 3. The molecule has 1 heterocycles. The number of aromatic nitrogens is 2. The van der Waals surface area contributed by atoms with Crippen LogP contribution in [0.5, 0.6) is 0 Å². The number of fused-ring (bicyclic) bond motifs is 1. The number of aromatic amines is 1. The summed E-state index contributed by atoms with van der Waals surface area (Å²) in [6.07, 6.45) is 2.24. The summed E-state index contributed by atoms with van der Waals surface area (Å²) in [6.45, 7) is 2.03. The Kier molecular flexibility index (Phi) is 3.26. The van der Waals surface area contributed by atoms with Crippen LogP contribution in [0.15, 0.2) is 30.0 Å². The molecule has 0 saturated carbocycles. The van der Waals surface area contributed by atoms with Crippen LogP contribution < -0.4 is 5.32 Å². The molecular formula is C13H11N5. The fourth-order valence-electron chi connectivity index (χ4n) is 1.56. The Morgan fingerprint density at radius 1 is 1.44 bits per heavy atom. The normalized spacial score (nSPS) is 9.50. The van der Waals surface area contributed by atoms with Gasteiger partial charge < -0.3 is 10.3 Å². The van der Waals surface area contributed by atoms with Crippen LogP contribution in [-0.2, 0) is 6.42 Å². The fraction of sp³-hybridized carbons (Fsp3) is 0.154. The van der Waals surface area contributed by atoms with E-state index in [4.69, 9.17) is 10.5 Å². The van der Waals surface area contributed by atoms with Crippen LogP contribution in [0.2, 0.25) is 0 Å². The average molecular weight is 237 g/mol. The van der Waals surface area contributed by atoms with E-state index in [0.717, 1.165) is 29.0 Å². The maximum Gasteiger partial charge on any atom is 0.145 e. The number of hydrogen-bond acceptors (Lipinski definition) is 4. The quantitative estimate of drug-likeness (QED) is 0.802. The Morgan fingerprint density at radius 2 is 2.22 bits per heavy atom. The summed E-state index contributed by atoms with van der Waals surface area (Å²) in [7, 11) is 0. The number of nitriles is 2. The van der Waals surface area contributed by atoms with E-state index in [-0.39, 0.29) is 5.57 Å². The number of nitrogens with one attached hydrogen (secondary N) is 2. The summed E-state index contributed by atoms with van der Waals surface area (Å²) in [4.78, 5) is 7.60. The maximum atomic E-state index is 8.61. The Balaban J connectivity index is 2.28. The molecule has 2 rings (SSSR count). The molecule has 1 aromatic carbocycles. The van der Waals surface area contributed by atoms with Crippen LogP contribution >= 0.6 is 0 Å². The van der Waals surface area contributed by atoms with Crippen molar-refractivity contribution in [2.75, 3.05) is 5.32 Å². The highest BCUT2D eigenvalue weighted by molar-refractivity contribution is 5.79. The molecular weight excluding hydrogens is 226 g/mol. The van der Waals surface area contributed by atoms with E-state index in [2.05, 4.69) is 15.3 Å². The zero-order chi connectivity index (χ0) is 13.0. The molecule has 0 atom stereocenters. The van der Waals surface area contributed by atoms with Crippen LogP contribution in [0.4, 0.5) is 5.69 Å². The lowest BCUT2D eigenvalue weighted by Crippen LogP contribution is -1.89. The van der Waals surface area contributed by atoms with Gasteiger partial charge >= 0.3 is 0 Å². The minimum atomic E-state index is 0.0361. The first-order chi connectivity index (χ1) is 8.76. The first-order valence-electron chi connectivity index (χ1n) is 5.52. The summed E-state index contributed by atoms with van der Waals surface area (Å²) in [5, 5.41) is 20.1. The molecule has 0 aliphatic carbocycles. The van der Waals surface area contributed by atoms with Gasteiger partial charge in [-0.3, -0.25) is 0 Å². The predicted octanol–water partition coefficient (Wildman–Crippen LogP) is 2.47. The lowest BCUT2D eigenvalue weighted by molar-refractivity contribution is 1.00. The highest BCUT2D eigenvalue weighted by atomic mass is 14.9. The minimum absolute atomic E-state index is 0.0361. The van der Waals surface area contributed by atoms with Crippen molar-refractivity contribution >= 4 is 16.7 Å². The number of imidazole rings is 1. The largest absolute Gasteiger partial charge is 0.360 e. The number of nitrogens with zero attached hydrogens (tertiary/aromatic N) is 3. The molecule has 1 aromatic heterocycles. The second kappa shape index (κ2) is 5.03. The highest BCUT2D eigenvalue weighted by Gasteiger charge is 2.01. The van der Waals surface area contributed by atoms with E-state index >= 15 is 0 Å². The summed E-state index contributed by atoms with van der Waals surface area (Å²) in [6, 6.07) is 9.21. The first-order valence-corrected chi connectivity index (χ1v) is 5.52. The van der Waals surface area contributed by atoms with Gasteiger partial charge in [-0.05, 0) is 18.2 Å². The van der Waals surface area contributed by atoms with E-state index in [9.17, 15) is 0 Å². The van der Waals surface area contributed by atoms with Crippen molar-refractivity contribution in [1.82, 2.24) is 9.97 Å². The van der Waals surface area contributed by atoms with Gasteiger partial charge in [0.15, 0.2) is 0 Å². The molecule has 0 aliphatic rings. The molecule has 5 heteroatoms. The van der Waals surface area contributed by atoms with Gasteiger partial charge in [0.1, 0.15) is 23.5 Å². The molecule has 0 saturated heterocycles. The van der Waals surface area contributed by atoms with Gasteiger partial charge in [-0.15, -0.1) is 0 Å². The third-order valence-corrected chi connectivity index (χ3v) is 2.49. The molecule has 18 heavy (non-hydrogen) atoms. The molecule has 0 radical (unpaired) electrons. The van der Waals surface area contributed by atoms with Crippen molar-refractivity contribution in [2.24, 2.45) is 0 Å². The van der Waals surface area contributed by atoms with E-state index in [1.54, 1.807) is 12.1 Å². The second-order valence-corrected chi connectivity index (χ2v) is 3.69. The minimum Gasteiger partial charge on any atom is -0.360 e. The molecule has 2 aromatic rings. The number of hydrogen-bond donors (Lipinski definition) is 2. The zero-order valence-electron chi connectivity index (χ0n) is 9.86. The van der Waals surface area contributed by atoms with Crippen LogP contribution in [-0.4, -0.2) is 9.97 Å². The molecule has 5 nitrogen and oxygen atoms in total. The lowest BCUT2D eigenvalue weighted by Gasteiger charge is -1.99. The van der Waals surface area contributed by atoms with Crippen molar-refractivity contribution in [3.63, 3.8) is 0 Å². The topological polar surface area (TPSA) is 88.3 Å². The number of aryl methyl sites for hydroxylation is 1. The van der Waals surface area contributed by atoms with E-state index in [1.807, 2.05) is 25.1 Å². The monoisotopic (exact) mass is 237 g/mol. The predicted molar refractivity (Wildman–Crippen MR) is 68.4 cm³/mol. The van der Waals surface area contributed by atoms with Gasteiger partial charge in [0.05, 0.1) is 11.0 Å². The number of benzene rings is 1. The number of allylic oxidation sites excluding steroid dienone is 1. The van der Waals surface area contributed by atoms with Gasteiger partial charge in [-0.25, -0.2) is 4.98 Å². The molecule has 0 fully saturated rings. The molecule has 88 valence electrons. The van der Waals surface area contributed by atoms with Gasteiger partial charge in [-0.1, -0.05) is 6.92 Å². The van der Waals surface area contributed by atoms with Crippen LogP contribution in [0, 0.1) is 22.7 Å². The zero-order valence-corrected chi connectivity index (χ0v) is 9.86. The molecule has 0 amide bonds. The Bertz CT molecular complexity index is 665. The lowest BCUT2D eigenvalue weighted by atomic mass is 10.2. The molecule has 2 N–H and O–H groups in total. The van der Waals surface area contributed by atoms with E-state index in [0.29, 0.717) is 0 Å². The van der Waals surface area contributed by atoms with Crippen molar-refractivity contribution in [3.8, 4) is 12.1 Å². The van der Waals surface area contributed by atoms with Crippen LogP contribution in [0.25, 0.3) is 11.0 Å². The Hall–Kier alpha value is -2.79. The van der Waals surface area contributed by atoms with Gasteiger partial charge in [0.2, 0.25) is 0 Å². The standard InChI is InChI=1S/C13H11N5/c1-2-13-17-11-4-3-10(5-12(11)18-13)16-8-9(6-14)7-15/h3-5,8,16H,2H2,1H3,(H,17,18). The van der Waals surface area contributed by atoms with Crippen molar-refractivity contribution < 1.29 is 0 Å². The summed E-state index contributed by atoms with van der Waals surface area (Å²) in [5.74, 6) is 0.937. The van der Waals surface area contributed by atoms with Crippen LogP contribution in [0.1, 0.15) is 12.7 Å². The Morgan fingerprint density at radius 3 is 2.89 bits per heavy atom. The molecule has 0 aliphatic heterocycles. The Labute approximate surface area is 104 Å². The molecule has 0 bridgehead atoms. The van der Waals surface area contributed by atoms with Gasteiger partial charge in [-0.2, -0.15) is 10.5 Å². The highest BCUT2D eigenvalue weighted by Crippen LogP contribution is 2.17. The van der Waals surface area contributed by atoms with Gasteiger partial charge in [0.25, 0.3) is 0 Å². The number of H-pyrrole nitrogens is 1. The van der Waals surface area contributed by atoms with Crippen molar-refractivity contribution in [3.05, 3.63) is 35.8 Å². The first kappa shape index (κ1) is 11.7. The molecule has 0 spiro atoms. The SMILES string of the molecule is CCc1nc2ccc(NC=C(C#N)C#N)cc2[nH]1. The van der Waals surface area contributed by atoms with Gasteiger partial charge in [0, 0.05) is 18.3 Å². The van der Waals surface area contributed by atoms with Crippen molar-refractivity contribution in [2.45, 2.75) is 13.3 Å². The summed E-state index contributed by atoms with van der Waals surface area (Å²) < 4.78 is 0. The second-order valence-electron chi connectivity index (χ2n) is 3.69. The maximum absolute atomic E-state index is 8.61. The summed E-state index contributed by atoms with van der Waals surface area (Å²) >= 11 is 0. The summed E-state index contributed by atoms with van der Waals surface area (Å²) in [5.41, 5.74) is 2.67. The third kappa shape index (κ3) is 2.31. The van der Waals surface area contributed by atoms with Crippen LogP contribution in [0.3, 0.4) is 0 Å². The van der Waals surface area contributed by atoms with E-state index < -0.39 is 0 Å². The van der Waals surface area contributed by atoms with Crippen molar-refractivity contribution in [1.29, 1.82) is 10.5 Å². The third-order valence-electron chi connectivity index (χ3n) is 2.49. The van der Waals surface area contributed by atoms with E-state index in [1.165, 1.54) is 6.20 Å².